The highest BCUT2D eigenvalue weighted by Crippen LogP contribution is 2.21. The van der Waals surface area contributed by atoms with Crippen LogP contribution >= 0.6 is 15.9 Å². The zero-order chi connectivity index (χ0) is 16.2. The molecule has 0 atom stereocenters. The van der Waals surface area contributed by atoms with Gasteiger partial charge in [-0.1, -0.05) is 28.1 Å². The first-order valence-corrected chi connectivity index (χ1v) is 8.58. The molecule has 2 aromatic rings. The first kappa shape index (κ1) is 16.5. The molecule has 0 aliphatic carbocycles. The Hall–Kier alpha value is -1.86. The Morgan fingerprint density at radius 1 is 1.05 bits per heavy atom. The monoisotopic (exact) mass is 384 g/mol. The molecule has 5 nitrogen and oxygen atoms in total. The molecule has 0 aliphatic rings. The molecule has 0 radical (unpaired) electrons. The lowest BCUT2D eigenvalue weighted by molar-refractivity contribution is -0.136. The van der Waals surface area contributed by atoms with Crippen molar-refractivity contribution in [2.24, 2.45) is 0 Å². The Balaban J connectivity index is 2.09. The summed E-state index contributed by atoms with van der Waals surface area (Å²) in [4.78, 5) is 10.6. The van der Waals surface area contributed by atoms with Crippen molar-refractivity contribution in [1.29, 1.82) is 0 Å². The van der Waals surface area contributed by atoms with Gasteiger partial charge in [0.05, 0.1) is 0 Å². The molecule has 2 rings (SSSR count). The lowest BCUT2D eigenvalue weighted by Crippen LogP contribution is -2.09. The van der Waals surface area contributed by atoms with Crippen LogP contribution in [0.4, 0.5) is 0 Å². The van der Waals surface area contributed by atoms with E-state index in [0.717, 1.165) is 10.0 Å². The standard InChI is InChI=1S/C15H13BrO5S/c16-12-4-8-14(9-5-12)22(19,20)21-13-6-1-11(2-7-13)3-10-15(17)18/h1-2,4-9H,3,10H2,(H,17,18). The molecule has 116 valence electrons. The van der Waals surface area contributed by atoms with Crippen molar-refractivity contribution >= 4 is 32.0 Å². The van der Waals surface area contributed by atoms with Crippen molar-refractivity contribution in [3.8, 4) is 5.75 Å². The predicted molar refractivity (Wildman–Crippen MR) is 84.4 cm³/mol. The third kappa shape index (κ3) is 4.57. The van der Waals surface area contributed by atoms with Gasteiger partial charge in [0.2, 0.25) is 0 Å². The number of aliphatic carboxylic acids is 1. The van der Waals surface area contributed by atoms with E-state index in [1.807, 2.05) is 0 Å². The van der Waals surface area contributed by atoms with E-state index in [0.29, 0.717) is 6.42 Å². The third-order valence-corrected chi connectivity index (χ3v) is 4.65. The first-order chi connectivity index (χ1) is 10.4. The van der Waals surface area contributed by atoms with Crippen LogP contribution in [0.2, 0.25) is 0 Å². The van der Waals surface area contributed by atoms with E-state index in [2.05, 4.69) is 15.9 Å². The van der Waals surface area contributed by atoms with Crippen LogP contribution in [-0.2, 0) is 21.3 Å². The van der Waals surface area contributed by atoms with Gasteiger partial charge < -0.3 is 9.29 Å². The van der Waals surface area contributed by atoms with Crippen LogP contribution in [0, 0.1) is 0 Å². The number of carboxylic acid groups (broad SMARTS) is 1. The highest BCUT2D eigenvalue weighted by Gasteiger charge is 2.16. The van der Waals surface area contributed by atoms with Crippen LogP contribution in [0.1, 0.15) is 12.0 Å². The lowest BCUT2D eigenvalue weighted by Gasteiger charge is -2.08. The van der Waals surface area contributed by atoms with Crippen LogP contribution in [0.3, 0.4) is 0 Å². The van der Waals surface area contributed by atoms with Gasteiger partial charge in [-0.15, -0.1) is 0 Å². The van der Waals surface area contributed by atoms with Crippen molar-refractivity contribution in [3.05, 3.63) is 58.6 Å². The van der Waals surface area contributed by atoms with Gasteiger partial charge >= 0.3 is 16.1 Å². The Morgan fingerprint density at radius 3 is 2.18 bits per heavy atom. The summed E-state index contributed by atoms with van der Waals surface area (Å²) < 4.78 is 30.0. The second-order valence-electron chi connectivity index (χ2n) is 4.53. The van der Waals surface area contributed by atoms with Crippen molar-refractivity contribution in [2.45, 2.75) is 17.7 Å². The van der Waals surface area contributed by atoms with E-state index in [1.54, 1.807) is 24.3 Å². The van der Waals surface area contributed by atoms with Crippen molar-refractivity contribution in [2.75, 3.05) is 0 Å². The van der Waals surface area contributed by atoms with Crippen LogP contribution in [0.15, 0.2) is 57.9 Å². The van der Waals surface area contributed by atoms with E-state index in [-0.39, 0.29) is 17.1 Å². The first-order valence-electron chi connectivity index (χ1n) is 6.37. The summed E-state index contributed by atoms with van der Waals surface area (Å²) in [5, 5.41) is 8.62. The molecule has 22 heavy (non-hydrogen) atoms. The lowest BCUT2D eigenvalue weighted by atomic mass is 10.1. The van der Waals surface area contributed by atoms with Gasteiger partial charge in [-0.25, -0.2) is 0 Å². The quantitative estimate of drug-likeness (QED) is 0.773. The highest BCUT2D eigenvalue weighted by molar-refractivity contribution is 9.10. The Kier molecular flexibility index (Phi) is 5.20. The van der Waals surface area contributed by atoms with Gasteiger partial charge in [0.1, 0.15) is 10.6 Å². The number of benzene rings is 2. The minimum Gasteiger partial charge on any atom is -0.481 e. The van der Waals surface area contributed by atoms with Crippen molar-refractivity contribution in [1.82, 2.24) is 0 Å². The fourth-order valence-electron chi connectivity index (χ4n) is 1.74. The number of aryl methyl sites for hydroxylation is 1. The van der Waals surface area contributed by atoms with E-state index in [9.17, 15) is 13.2 Å². The molecule has 0 saturated carbocycles. The summed E-state index contributed by atoms with van der Waals surface area (Å²) in [5.74, 6) is -0.694. The van der Waals surface area contributed by atoms with E-state index in [4.69, 9.17) is 9.29 Å². The zero-order valence-electron chi connectivity index (χ0n) is 11.4. The summed E-state index contributed by atoms with van der Waals surface area (Å²) in [6, 6.07) is 12.4. The smallest absolute Gasteiger partial charge is 0.339 e. The average molecular weight is 385 g/mol. The number of halogens is 1. The average Bonchev–Trinajstić information content (AvgIpc) is 2.46. The SMILES string of the molecule is O=C(O)CCc1ccc(OS(=O)(=O)c2ccc(Br)cc2)cc1. The fourth-order valence-corrected chi connectivity index (χ4v) is 2.93. The van der Waals surface area contributed by atoms with Gasteiger partial charge in [-0.2, -0.15) is 8.42 Å². The molecule has 0 fully saturated rings. The normalized spacial score (nSPS) is 11.1. The molecular formula is C15H13BrO5S. The molecular weight excluding hydrogens is 372 g/mol. The largest absolute Gasteiger partial charge is 0.481 e. The number of hydrogen-bond donors (Lipinski definition) is 1. The maximum atomic E-state index is 12.1. The Labute approximate surface area is 136 Å². The van der Waals surface area contributed by atoms with Crippen LogP contribution < -0.4 is 4.18 Å². The van der Waals surface area contributed by atoms with Crippen molar-refractivity contribution in [3.63, 3.8) is 0 Å². The molecule has 0 saturated heterocycles. The second kappa shape index (κ2) is 6.93. The van der Waals surface area contributed by atoms with Gasteiger partial charge in [0, 0.05) is 10.9 Å². The minimum atomic E-state index is -3.88. The summed E-state index contributed by atoms with van der Waals surface area (Å²) in [7, 11) is -3.88. The molecule has 0 bridgehead atoms. The predicted octanol–water partition coefficient (Wildman–Crippen LogP) is 3.23. The summed E-state index contributed by atoms with van der Waals surface area (Å²) >= 11 is 3.23. The van der Waals surface area contributed by atoms with Gasteiger partial charge in [0.15, 0.2) is 0 Å². The molecule has 2 aromatic carbocycles. The Morgan fingerprint density at radius 2 is 1.64 bits per heavy atom. The minimum absolute atomic E-state index is 0.0252. The molecule has 0 aliphatic heterocycles. The molecule has 7 heteroatoms. The molecule has 0 unspecified atom stereocenters. The maximum absolute atomic E-state index is 12.1. The van der Waals surface area contributed by atoms with Gasteiger partial charge in [0.25, 0.3) is 0 Å². The number of hydrogen-bond acceptors (Lipinski definition) is 4. The van der Waals surface area contributed by atoms with Crippen LogP contribution in [0.25, 0.3) is 0 Å². The topological polar surface area (TPSA) is 80.7 Å². The summed E-state index contributed by atoms with van der Waals surface area (Å²) in [6.45, 7) is 0. The molecule has 0 aromatic heterocycles. The number of carboxylic acids is 1. The van der Waals surface area contributed by atoms with Gasteiger partial charge in [-0.05, 0) is 48.4 Å². The van der Waals surface area contributed by atoms with Crippen molar-refractivity contribution < 1.29 is 22.5 Å². The van der Waals surface area contributed by atoms with E-state index >= 15 is 0 Å². The maximum Gasteiger partial charge on any atom is 0.339 e. The van der Waals surface area contributed by atoms with Crippen LogP contribution in [0.5, 0.6) is 5.75 Å². The zero-order valence-corrected chi connectivity index (χ0v) is 13.8. The summed E-state index contributed by atoms with van der Waals surface area (Å²) in [5.41, 5.74) is 0.802. The molecule has 0 spiro atoms. The van der Waals surface area contributed by atoms with Gasteiger partial charge in [-0.3, -0.25) is 4.79 Å². The Bertz CT molecular complexity index is 752. The third-order valence-electron chi connectivity index (χ3n) is 2.86. The molecule has 0 amide bonds. The highest BCUT2D eigenvalue weighted by atomic mass is 79.9. The molecule has 1 N–H and O–H groups in total. The van der Waals surface area contributed by atoms with E-state index in [1.165, 1.54) is 24.3 Å². The van der Waals surface area contributed by atoms with Crippen LogP contribution in [-0.4, -0.2) is 19.5 Å². The van der Waals surface area contributed by atoms with E-state index < -0.39 is 16.1 Å². The summed E-state index contributed by atoms with van der Waals surface area (Å²) in [6.07, 6.45) is 0.409. The second-order valence-corrected chi connectivity index (χ2v) is 6.99. The number of rotatable bonds is 6. The number of carbonyl (C=O) groups is 1. The fraction of sp³-hybridized carbons (Fsp3) is 0.133. The molecule has 0 heterocycles.